The molecule has 1 aromatic heterocycles. The molecule has 27 heavy (non-hydrogen) atoms. The van der Waals surface area contributed by atoms with Gasteiger partial charge in [-0.1, -0.05) is 30.3 Å². The van der Waals surface area contributed by atoms with Crippen LogP contribution in [0.25, 0.3) is 0 Å². The largest absolute Gasteiger partial charge is 0.469 e. The van der Waals surface area contributed by atoms with Crippen LogP contribution in [0.3, 0.4) is 0 Å². The van der Waals surface area contributed by atoms with E-state index < -0.39 is 35.0 Å². The number of rotatable bonds is 4. The van der Waals surface area contributed by atoms with Crippen molar-refractivity contribution in [1.82, 2.24) is 5.32 Å². The second-order valence-corrected chi connectivity index (χ2v) is 7.79. The minimum Gasteiger partial charge on any atom is -0.469 e. The number of carbonyl (C=O) groups excluding carboxylic acids is 1. The third-order valence-electron chi connectivity index (χ3n) is 4.82. The lowest BCUT2D eigenvalue weighted by atomic mass is 9.77. The average molecular weight is 368 g/mol. The maximum Gasteiger partial charge on any atom is 0.342 e. The van der Waals surface area contributed by atoms with E-state index in [1.165, 1.54) is 6.26 Å². The van der Waals surface area contributed by atoms with Crippen LogP contribution >= 0.6 is 0 Å². The highest BCUT2D eigenvalue weighted by molar-refractivity contribution is 5.87. The Morgan fingerprint density at radius 3 is 2.52 bits per heavy atom. The van der Waals surface area contributed by atoms with Crippen LogP contribution in [-0.2, 0) is 9.53 Å². The maximum absolute atomic E-state index is 13.1. The summed E-state index contributed by atoms with van der Waals surface area (Å²) in [6.45, 7) is 5.05. The van der Waals surface area contributed by atoms with E-state index in [2.05, 4.69) is 11.4 Å². The Morgan fingerprint density at radius 2 is 2.00 bits per heavy atom. The van der Waals surface area contributed by atoms with Crippen LogP contribution in [-0.4, -0.2) is 28.8 Å². The van der Waals surface area contributed by atoms with Gasteiger partial charge in [0.25, 0.3) is 0 Å². The van der Waals surface area contributed by atoms with Crippen molar-refractivity contribution in [2.45, 2.75) is 43.9 Å². The van der Waals surface area contributed by atoms with Crippen LogP contribution in [0, 0.1) is 17.2 Å². The van der Waals surface area contributed by atoms with Gasteiger partial charge in [0.05, 0.1) is 18.3 Å². The quantitative estimate of drug-likeness (QED) is 0.806. The van der Waals surface area contributed by atoms with Gasteiger partial charge in [-0.3, -0.25) is 5.32 Å². The molecule has 1 saturated heterocycles. The summed E-state index contributed by atoms with van der Waals surface area (Å²) in [5, 5.41) is 23.4. The second kappa shape index (κ2) is 7.18. The minimum absolute atomic E-state index is 0.218. The topological polar surface area (TPSA) is 95.5 Å². The van der Waals surface area contributed by atoms with E-state index in [4.69, 9.17) is 9.15 Å². The molecule has 1 aliphatic rings. The Bertz CT molecular complexity index is 820. The smallest absolute Gasteiger partial charge is 0.342 e. The third-order valence-corrected chi connectivity index (χ3v) is 4.82. The zero-order valence-corrected chi connectivity index (χ0v) is 15.7. The number of esters is 1. The lowest BCUT2D eigenvalue weighted by Gasteiger charge is -2.30. The lowest BCUT2D eigenvalue weighted by molar-refractivity contribution is -0.161. The monoisotopic (exact) mass is 368 g/mol. The van der Waals surface area contributed by atoms with Crippen LogP contribution in [0.2, 0.25) is 0 Å². The van der Waals surface area contributed by atoms with Crippen LogP contribution < -0.4 is 5.32 Å². The molecule has 6 heteroatoms. The average Bonchev–Trinajstić information content (AvgIpc) is 3.26. The number of aliphatic hydroxyl groups is 1. The molecule has 0 saturated carbocycles. The van der Waals surface area contributed by atoms with Gasteiger partial charge >= 0.3 is 5.97 Å². The van der Waals surface area contributed by atoms with Gasteiger partial charge in [-0.2, -0.15) is 5.26 Å². The van der Waals surface area contributed by atoms with E-state index in [0.29, 0.717) is 5.76 Å². The number of hydrogen-bond donors (Lipinski definition) is 2. The number of hydrogen-bond acceptors (Lipinski definition) is 6. The number of benzene rings is 1. The van der Waals surface area contributed by atoms with Crippen molar-refractivity contribution in [2.75, 3.05) is 6.61 Å². The zero-order chi connectivity index (χ0) is 19.7. The Morgan fingerprint density at radius 1 is 1.30 bits per heavy atom. The van der Waals surface area contributed by atoms with Gasteiger partial charge in [0.15, 0.2) is 0 Å². The fraction of sp³-hybridized carbons (Fsp3) is 0.429. The molecule has 2 aromatic rings. The number of carbonyl (C=O) groups is 1. The molecule has 2 N–H and O–H groups in total. The number of nitrogens with zero attached hydrogens (tertiary/aromatic N) is 1. The summed E-state index contributed by atoms with van der Waals surface area (Å²) < 4.78 is 11.1. The number of nitriles is 1. The van der Waals surface area contributed by atoms with E-state index in [-0.39, 0.29) is 6.61 Å². The highest BCUT2D eigenvalue weighted by Gasteiger charge is 2.61. The van der Waals surface area contributed by atoms with Crippen LogP contribution in [0.15, 0.2) is 53.1 Å². The molecule has 1 aliphatic heterocycles. The first-order valence-corrected chi connectivity index (χ1v) is 8.94. The summed E-state index contributed by atoms with van der Waals surface area (Å²) >= 11 is 0. The van der Waals surface area contributed by atoms with Crippen molar-refractivity contribution in [1.29, 1.82) is 5.26 Å². The first-order chi connectivity index (χ1) is 12.8. The molecule has 1 fully saturated rings. The molecule has 0 bridgehead atoms. The van der Waals surface area contributed by atoms with E-state index >= 15 is 0 Å². The highest BCUT2D eigenvalue weighted by atomic mass is 16.6. The van der Waals surface area contributed by atoms with Crippen molar-refractivity contribution < 1.29 is 19.1 Å². The fourth-order valence-corrected chi connectivity index (χ4v) is 3.74. The molecular weight excluding hydrogens is 344 g/mol. The van der Waals surface area contributed by atoms with Crippen LogP contribution in [0.5, 0.6) is 0 Å². The SMILES string of the molecule is CC(C)(C)OC(=O)[C@]1(C#N)N[C@H](c2ccccc2)[C@H](CO)[C@H]1c1ccco1. The molecule has 0 spiro atoms. The number of nitrogens with one attached hydrogen (secondary N) is 1. The van der Waals surface area contributed by atoms with Gasteiger partial charge in [-0.25, -0.2) is 4.79 Å². The molecule has 142 valence electrons. The van der Waals surface area contributed by atoms with Crippen LogP contribution in [0.1, 0.15) is 44.1 Å². The van der Waals surface area contributed by atoms with Gasteiger partial charge in [0.2, 0.25) is 5.54 Å². The molecule has 2 heterocycles. The molecule has 3 rings (SSSR count). The predicted molar refractivity (Wildman–Crippen MR) is 98.5 cm³/mol. The number of furan rings is 1. The zero-order valence-electron chi connectivity index (χ0n) is 15.7. The van der Waals surface area contributed by atoms with Gasteiger partial charge in [0.1, 0.15) is 11.4 Å². The Kier molecular flexibility index (Phi) is 5.09. The van der Waals surface area contributed by atoms with Gasteiger partial charge in [-0.05, 0) is 38.5 Å². The van der Waals surface area contributed by atoms with E-state index in [0.717, 1.165) is 5.56 Å². The molecule has 0 amide bonds. The third kappa shape index (κ3) is 3.48. The first kappa shape index (κ1) is 19.2. The molecule has 0 aliphatic carbocycles. The Labute approximate surface area is 158 Å². The van der Waals surface area contributed by atoms with Crippen LogP contribution in [0.4, 0.5) is 0 Å². The summed E-state index contributed by atoms with van der Waals surface area (Å²) in [6.07, 6.45) is 1.50. The summed E-state index contributed by atoms with van der Waals surface area (Å²) in [6, 6.07) is 14.6. The standard InChI is InChI=1S/C21H24N2O4/c1-20(2,3)27-19(25)21(13-22)17(16-10-7-11-26-16)15(12-24)18(23-21)14-8-5-4-6-9-14/h4-11,15,17-18,23-24H,12H2,1-3H3/t15-,17+,18-,21-/m1/s1. The molecule has 4 atom stereocenters. The normalized spacial score (nSPS) is 27.9. The molecular formula is C21H24N2O4. The number of ether oxygens (including phenoxy) is 1. The van der Waals surface area contributed by atoms with Crippen molar-refractivity contribution in [3.8, 4) is 6.07 Å². The first-order valence-electron chi connectivity index (χ1n) is 8.94. The minimum atomic E-state index is -1.67. The van der Waals surface area contributed by atoms with Crippen molar-refractivity contribution in [3.05, 3.63) is 60.1 Å². The Hall–Kier alpha value is -2.62. The van der Waals surface area contributed by atoms with Crippen molar-refractivity contribution in [3.63, 3.8) is 0 Å². The number of aliphatic hydroxyl groups excluding tert-OH is 1. The molecule has 0 unspecified atom stereocenters. The van der Waals surface area contributed by atoms with Crippen molar-refractivity contribution >= 4 is 5.97 Å². The van der Waals surface area contributed by atoms with Gasteiger partial charge < -0.3 is 14.3 Å². The van der Waals surface area contributed by atoms with Gasteiger partial charge in [-0.15, -0.1) is 0 Å². The van der Waals surface area contributed by atoms with Gasteiger partial charge in [0, 0.05) is 18.6 Å². The summed E-state index contributed by atoms with van der Waals surface area (Å²) in [5.74, 6) is -1.34. The molecule has 1 aromatic carbocycles. The van der Waals surface area contributed by atoms with E-state index in [1.54, 1.807) is 32.9 Å². The predicted octanol–water partition coefficient (Wildman–Crippen LogP) is 2.92. The Balaban J connectivity index is 2.12. The summed E-state index contributed by atoms with van der Waals surface area (Å²) in [5.41, 5.74) is -1.54. The highest BCUT2D eigenvalue weighted by Crippen LogP contribution is 2.49. The lowest BCUT2D eigenvalue weighted by Crippen LogP contribution is -2.53. The maximum atomic E-state index is 13.1. The molecule has 6 nitrogen and oxygen atoms in total. The van der Waals surface area contributed by atoms with E-state index in [1.807, 2.05) is 30.3 Å². The summed E-state index contributed by atoms with van der Waals surface area (Å²) in [7, 11) is 0. The molecule has 0 radical (unpaired) electrons. The van der Waals surface area contributed by atoms with Crippen molar-refractivity contribution in [2.24, 2.45) is 5.92 Å². The summed E-state index contributed by atoms with van der Waals surface area (Å²) in [4.78, 5) is 13.1. The fourth-order valence-electron chi connectivity index (χ4n) is 3.74. The van der Waals surface area contributed by atoms with E-state index in [9.17, 15) is 15.2 Å². The second-order valence-electron chi connectivity index (χ2n) is 7.79.